The van der Waals surface area contributed by atoms with Crippen molar-refractivity contribution in [3.63, 3.8) is 0 Å². The van der Waals surface area contributed by atoms with Gasteiger partial charge < -0.3 is 15.2 Å². The van der Waals surface area contributed by atoms with Crippen LogP contribution in [0, 0.1) is 0 Å². The van der Waals surface area contributed by atoms with Crippen molar-refractivity contribution < 1.29 is 9.47 Å². The zero-order valence-corrected chi connectivity index (χ0v) is 13.1. The van der Waals surface area contributed by atoms with Crippen molar-refractivity contribution in [2.24, 2.45) is 0 Å². The Kier molecular flexibility index (Phi) is 3.81. The second kappa shape index (κ2) is 5.76. The largest absolute Gasteiger partial charge is 0.490 e. The topological polar surface area (TPSA) is 87.3 Å². The lowest BCUT2D eigenvalue weighted by molar-refractivity contribution is 0.288. The Balaban J connectivity index is 2.37. The second-order valence-electron chi connectivity index (χ2n) is 4.54. The maximum absolute atomic E-state index is 11.9. The number of pyridine rings is 1. The van der Waals surface area contributed by atoms with Crippen LogP contribution in [0.1, 0.15) is 13.8 Å². The van der Waals surface area contributed by atoms with Crippen LogP contribution in [0.15, 0.2) is 23.1 Å². The first-order chi connectivity index (χ1) is 10.6. The highest BCUT2D eigenvalue weighted by molar-refractivity contribution is 7.22. The van der Waals surface area contributed by atoms with Gasteiger partial charge in [-0.3, -0.25) is 9.78 Å². The monoisotopic (exact) mass is 317 g/mol. The summed E-state index contributed by atoms with van der Waals surface area (Å²) in [6.45, 7) is 4.86. The number of nitrogens with two attached hydrogens (primary N) is 1. The van der Waals surface area contributed by atoms with Gasteiger partial charge in [0, 0.05) is 17.6 Å². The summed E-state index contributed by atoms with van der Waals surface area (Å²) >= 11 is 1.26. The van der Waals surface area contributed by atoms with Crippen LogP contribution in [0.3, 0.4) is 0 Å². The molecular formula is C15H15N3O3S. The zero-order chi connectivity index (χ0) is 15.7. The van der Waals surface area contributed by atoms with Gasteiger partial charge in [0.05, 0.1) is 28.8 Å². The highest BCUT2D eigenvalue weighted by Gasteiger charge is 2.13. The standard InChI is InChI=1S/C15H15N3O3S/c1-3-20-11-5-8-10(6-12(11)21-4-2)17-7-9-13(8)22-15(16)18-14(9)19/h5-7H,3-4H2,1-2H3,(H2,16,18,19). The van der Waals surface area contributed by atoms with Gasteiger partial charge in [0.1, 0.15) is 0 Å². The van der Waals surface area contributed by atoms with Gasteiger partial charge in [0.2, 0.25) is 0 Å². The summed E-state index contributed by atoms with van der Waals surface area (Å²) in [6.07, 6.45) is 1.53. The number of benzene rings is 1. The Hall–Kier alpha value is -2.41. The molecule has 114 valence electrons. The molecule has 0 aliphatic rings. The van der Waals surface area contributed by atoms with Crippen molar-refractivity contribution in [1.82, 2.24) is 9.97 Å². The molecule has 0 radical (unpaired) electrons. The number of hydrogen-bond donors (Lipinski definition) is 1. The maximum atomic E-state index is 11.9. The molecule has 0 unspecified atom stereocenters. The molecule has 2 heterocycles. The first kappa shape index (κ1) is 14.5. The summed E-state index contributed by atoms with van der Waals surface area (Å²) in [5.74, 6) is 1.26. The summed E-state index contributed by atoms with van der Waals surface area (Å²) in [4.78, 5) is 20.0. The van der Waals surface area contributed by atoms with Crippen LogP contribution in [0.4, 0.5) is 5.13 Å². The van der Waals surface area contributed by atoms with Gasteiger partial charge in [-0.05, 0) is 19.9 Å². The summed E-state index contributed by atoms with van der Waals surface area (Å²) in [5.41, 5.74) is 6.08. The van der Waals surface area contributed by atoms with Crippen molar-refractivity contribution in [3.8, 4) is 11.5 Å². The fourth-order valence-corrected chi connectivity index (χ4v) is 3.12. The summed E-state index contributed by atoms with van der Waals surface area (Å²) in [7, 11) is 0. The van der Waals surface area contributed by atoms with Gasteiger partial charge in [0.15, 0.2) is 16.6 Å². The Morgan fingerprint density at radius 3 is 2.50 bits per heavy atom. The number of fused-ring (bicyclic) bond motifs is 3. The quantitative estimate of drug-likeness (QED) is 0.744. The van der Waals surface area contributed by atoms with E-state index in [0.717, 1.165) is 15.6 Å². The SMILES string of the molecule is CCOc1cc2ncc3c(=O)nc(N)sc3c2cc1OCC. The molecule has 0 bridgehead atoms. The van der Waals surface area contributed by atoms with Crippen molar-refractivity contribution in [2.45, 2.75) is 13.8 Å². The zero-order valence-electron chi connectivity index (χ0n) is 12.3. The van der Waals surface area contributed by atoms with E-state index in [0.29, 0.717) is 30.1 Å². The van der Waals surface area contributed by atoms with Gasteiger partial charge >= 0.3 is 0 Å². The number of nitrogens with zero attached hydrogens (tertiary/aromatic N) is 2. The third-order valence-electron chi connectivity index (χ3n) is 3.13. The lowest BCUT2D eigenvalue weighted by atomic mass is 10.1. The molecule has 2 aromatic heterocycles. The maximum Gasteiger partial charge on any atom is 0.282 e. The molecule has 0 atom stereocenters. The third-order valence-corrected chi connectivity index (χ3v) is 4.08. The van der Waals surface area contributed by atoms with Crippen LogP contribution in [0.5, 0.6) is 11.5 Å². The Bertz CT molecular complexity index is 908. The molecule has 0 aliphatic carbocycles. The molecule has 0 spiro atoms. The average molecular weight is 317 g/mol. The average Bonchev–Trinajstić information content (AvgIpc) is 2.48. The molecule has 0 aliphatic heterocycles. The van der Waals surface area contributed by atoms with Gasteiger partial charge in [-0.2, -0.15) is 4.98 Å². The van der Waals surface area contributed by atoms with Crippen molar-refractivity contribution in [3.05, 3.63) is 28.7 Å². The molecule has 3 rings (SSSR count). The minimum Gasteiger partial charge on any atom is -0.490 e. The molecule has 0 amide bonds. The van der Waals surface area contributed by atoms with Crippen molar-refractivity contribution in [2.75, 3.05) is 18.9 Å². The fourth-order valence-electron chi connectivity index (χ4n) is 2.26. The lowest BCUT2D eigenvalue weighted by Crippen LogP contribution is -2.08. The van der Waals surface area contributed by atoms with Gasteiger partial charge in [-0.1, -0.05) is 11.3 Å². The number of nitrogen functional groups attached to an aromatic ring is 1. The first-order valence-electron chi connectivity index (χ1n) is 6.92. The van der Waals surface area contributed by atoms with Crippen LogP contribution in [-0.4, -0.2) is 23.2 Å². The van der Waals surface area contributed by atoms with Crippen LogP contribution in [0.25, 0.3) is 21.0 Å². The van der Waals surface area contributed by atoms with E-state index in [1.165, 1.54) is 17.5 Å². The predicted molar refractivity (Wildman–Crippen MR) is 87.9 cm³/mol. The van der Waals surface area contributed by atoms with Crippen LogP contribution in [0.2, 0.25) is 0 Å². The lowest BCUT2D eigenvalue weighted by Gasteiger charge is -2.12. The third kappa shape index (κ3) is 2.43. The summed E-state index contributed by atoms with van der Waals surface area (Å²) < 4.78 is 12.0. The summed E-state index contributed by atoms with van der Waals surface area (Å²) in [6, 6.07) is 3.66. The number of hydrogen-bond acceptors (Lipinski definition) is 7. The molecular weight excluding hydrogens is 302 g/mol. The van der Waals surface area contributed by atoms with E-state index in [9.17, 15) is 4.79 Å². The predicted octanol–water partition coefficient (Wildman–Crippen LogP) is 2.58. The molecule has 7 heteroatoms. The van der Waals surface area contributed by atoms with E-state index >= 15 is 0 Å². The van der Waals surface area contributed by atoms with Crippen molar-refractivity contribution in [1.29, 1.82) is 0 Å². The normalized spacial score (nSPS) is 11.0. The van der Waals surface area contributed by atoms with E-state index in [-0.39, 0.29) is 10.7 Å². The van der Waals surface area contributed by atoms with Gasteiger partial charge in [-0.25, -0.2) is 0 Å². The number of aromatic nitrogens is 2. The Morgan fingerprint density at radius 1 is 1.14 bits per heavy atom. The number of rotatable bonds is 4. The minimum absolute atomic E-state index is 0.233. The van der Waals surface area contributed by atoms with Crippen LogP contribution < -0.4 is 20.8 Å². The van der Waals surface area contributed by atoms with Gasteiger partial charge in [-0.15, -0.1) is 0 Å². The van der Waals surface area contributed by atoms with Crippen LogP contribution in [-0.2, 0) is 0 Å². The fraction of sp³-hybridized carbons (Fsp3) is 0.267. The molecule has 0 saturated heterocycles. The second-order valence-corrected chi connectivity index (χ2v) is 5.57. The molecule has 22 heavy (non-hydrogen) atoms. The Labute approximate surface area is 130 Å². The number of ether oxygens (including phenoxy) is 2. The molecule has 0 fully saturated rings. The Morgan fingerprint density at radius 2 is 1.82 bits per heavy atom. The van der Waals surface area contributed by atoms with E-state index in [1.807, 2.05) is 26.0 Å². The van der Waals surface area contributed by atoms with Crippen LogP contribution >= 0.6 is 11.3 Å². The smallest absolute Gasteiger partial charge is 0.282 e. The number of anilines is 1. The highest BCUT2D eigenvalue weighted by atomic mass is 32.1. The van der Waals surface area contributed by atoms with Gasteiger partial charge in [0.25, 0.3) is 5.56 Å². The van der Waals surface area contributed by atoms with Crippen molar-refractivity contribution >= 4 is 37.5 Å². The van der Waals surface area contributed by atoms with E-state index in [2.05, 4.69) is 9.97 Å². The van der Waals surface area contributed by atoms with E-state index in [4.69, 9.17) is 15.2 Å². The summed E-state index contributed by atoms with van der Waals surface area (Å²) in [5, 5.41) is 1.50. The first-order valence-corrected chi connectivity index (χ1v) is 7.74. The van der Waals surface area contributed by atoms with E-state index in [1.54, 1.807) is 0 Å². The molecule has 3 aromatic rings. The molecule has 6 nitrogen and oxygen atoms in total. The molecule has 1 aromatic carbocycles. The highest BCUT2D eigenvalue weighted by Crippen LogP contribution is 2.36. The molecule has 2 N–H and O–H groups in total. The minimum atomic E-state index is -0.368. The molecule has 0 saturated carbocycles. The van der Waals surface area contributed by atoms with E-state index < -0.39 is 0 Å².